The Kier molecular flexibility index (Phi) is 4.86. The standard InChI is InChI=1S/C14H25NO2Si/c1-11(2)18(12(3)4,13(5)6)10-8-15-7-9-17-14(15)16/h11-13H,7,9H2,1-6H3. The average Bonchev–Trinajstić information content (AvgIpc) is 2.63. The predicted octanol–water partition coefficient (Wildman–Crippen LogP) is 3.62. The van der Waals surface area contributed by atoms with E-state index < -0.39 is 8.07 Å². The molecule has 0 spiro atoms. The van der Waals surface area contributed by atoms with Gasteiger partial charge in [0, 0.05) is 6.04 Å². The number of ether oxygens (including phenoxy) is 1. The van der Waals surface area contributed by atoms with Crippen LogP contribution in [0.3, 0.4) is 0 Å². The predicted molar refractivity (Wildman–Crippen MR) is 76.9 cm³/mol. The molecule has 0 aromatic carbocycles. The van der Waals surface area contributed by atoms with Gasteiger partial charge in [-0.1, -0.05) is 41.5 Å². The molecule has 1 amide bonds. The molecule has 4 heteroatoms. The molecule has 1 heterocycles. The van der Waals surface area contributed by atoms with E-state index in [1.165, 1.54) is 4.90 Å². The Labute approximate surface area is 112 Å². The second-order valence-corrected chi connectivity index (χ2v) is 11.5. The number of cyclic esters (lactones) is 1. The van der Waals surface area contributed by atoms with E-state index in [0.29, 0.717) is 29.8 Å². The summed E-state index contributed by atoms with van der Waals surface area (Å²) in [4.78, 5) is 12.9. The van der Waals surface area contributed by atoms with Gasteiger partial charge in [0.05, 0.1) is 6.54 Å². The van der Waals surface area contributed by atoms with Crippen LogP contribution in [0.5, 0.6) is 0 Å². The van der Waals surface area contributed by atoms with E-state index in [1.807, 2.05) is 0 Å². The highest BCUT2D eigenvalue weighted by atomic mass is 28.3. The molecule has 0 saturated carbocycles. The van der Waals surface area contributed by atoms with Gasteiger partial charge < -0.3 is 4.74 Å². The summed E-state index contributed by atoms with van der Waals surface area (Å²) in [5.74, 6) is 0. The molecule has 0 aromatic heterocycles. The quantitative estimate of drug-likeness (QED) is 0.577. The van der Waals surface area contributed by atoms with E-state index >= 15 is 0 Å². The number of carbonyl (C=O) groups excluding carboxylic acids is 1. The molecule has 1 aliphatic rings. The van der Waals surface area contributed by atoms with Crippen molar-refractivity contribution in [1.82, 2.24) is 4.90 Å². The van der Waals surface area contributed by atoms with Crippen LogP contribution in [-0.4, -0.2) is 32.2 Å². The number of amides is 1. The molecule has 3 nitrogen and oxygen atoms in total. The highest BCUT2D eigenvalue weighted by Gasteiger charge is 2.42. The molecule has 0 aliphatic carbocycles. The molecule has 1 fully saturated rings. The van der Waals surface area contributed by atoms with Crippen LogP contribution in [0.1, 0.15) is 41.5 Å². The molecule has 1 rings (SSSR count). The smallest absolute Gasteiger partial charge is 0.421 e. The minimum Gasteiger partial charge on any atom is -0.447 e. The maximum absolute atomic E-state index is 11.4. The number of hydrogen-bond donors (Lipinski definition) is 0. The summed E-state index contributed by atoms with van der Waals surface area (Å²) >= 11 is 0. The normalized spacial score (nSPS) is 16.3. The fourth-order valence-corrected chi connectivity index (χ4v) is 8.29. The Morgan fingerprint density at radius 1 is 1.11 bits per heavy atom. The third kappa shape index (κ3) is 2.72. The van der Waals surface area contributed by atoms with Crippen molar-refractivity contribution < 1.29 is 9.53 Å². The van der Waals surface area contributed by atoms with Gasteiger partial charge in [-0.25, -0.2) is 9.69 Å². The van der Waals surface area contributed by atoms with Gasteiger partial charge in [-0.15, -0.1) is 5.54 Å². The van der Waals surface area contributed by atoms with Crippen molar-refractivity contribution in [3.05, 3.63) is 0 Å². The van der Waals surface area contributed by atoms with Crippen LogP contribution >= 0.6 is 0 Å². The minimum atomic E-state index is -1.74. The molecule has 0 N–H and O–H groups in total. The Bertz CT molecular complexity index is 344. The molecule has 0 unspecified atom stereocenters. The molecule has 0 atom stereocenters. The van der Waals surface area contributed by atoms with Crippen molar-refractivity contribution in [1.29, 1.82) is 0 Å². The molecule has 0 bridgehead atoms. The topological polar surface area (TPSA) is 29.5 Å². The van der Waals surface area contributed by atoms with E-state index in [0.717, 1.165) is 0 Å². The zero-order valence-electron chi connectivity index (χ0n) is 12.4. The van der Waals surface area contributed by atoms with Gasteiger partial charge in [0.2, 0.25) is 0 Å². The van der Waals surface area contributed by atoms with Crippen LogP contribution in [0.2, 0.25) is 16.6 Å². The van der Waals surface area contributed by atoms with Gasteiger partial charge in [-0.3, -0.25) is 0 Å². The second kappa shape index (κ2) is 5.79. The van der Waals surface area contributed by atoms with Crippen molar-refractivity contribution in [2.45, 2.75) is 58.2 Å². The lowest BCUT2D eigenvalue weighted by atomic mass is 10.5. The van der Waals surface area contributed by atoms with E-state index in [9.17, 15) is 4.79 Å². The highest BCUT2D eigenvalue weighted by Crippen LogP contribution is 2.40. The molecular formula is C14H25NO2Si. The molecule has 18 heavy (non-hydrogen) atoms. The van der Waals surface area contributed by atoms with E-state index in [4.69, 9.17) is 4.74 Å². The summed E-state index contributed by atoms with van der Waals surface area (Å²) in [6, 6.07) is 3.09. The summed E-state index contributed by atoms with van der Waals surface area (Å²) in [7, 11) is -1.74. The summed E-state index contributed by atoms with van der Waals surface area (Å²) in [6.45, 7) is 14.7. The molecule has 0 aromatic rings. The molecule has 1 saturated heterocycles. The van der Waals surface area contributed by atoms with E-state index in [2.05, 4.69) is 53.1 Å². The first-order valence-electron chi connectivity index (χ1n) is 6.79. The lowest BCUT2D eigenvalue weighted by molar-refractivity contribution is 0.167. The van der Waals surface area contributed by atoms with Crippen molar-refractivity contribution in [3.8, 4) is 11.6 Å². The van der Waals surface area contributed by atoms with Crippen molar-refractivity contribution >= 4 is 14.2 Å². The monoisotopic (exact) mass is 267 g/mol. The Morgan fingerprint density at radius 2 is 1.61 bits per heavy atom. The van der Waals surface area contributed by atoms with Crippen molar-refractivity contribution in [3.63, 3.8) is 0 Å². The molecule has 102 valence electrons. The summed E-state index contributed by atoms with van der Waals surface area (Å²) in [5.41, 5.74) is 5.28. The van der Waals surface area contributed by atoms with Crippen molar-refractivity contribution in [2.75, 3.05) is 13.2 Å². The lowest BCUT2D eigenvalue weighted by Gasteiger charge is -2.38. The number of rotatable bonds is 3. The second-order valence-electron chi connectivity index (χ2n) is 5.90. The first kappa shape index (κ1) is 15.1. The van der Waals surface area contributed by atoms with Crippen molar-refractivity contribution in [2.24, 2.45) is 0 Å². The van der Waals surface area contributed by atoms with Crippen LogP contribution in [0.4, 0.5) is 4.79 Å². The average molecular weight is 267 g/mol. The van der Waals surface area contributed by atoms with Gasteiger partial charge >= 0.3 is 6.09 Å². The van der Waals surface area contributed by atoms with Crippen LogP contribution in [-0.2, 0) is 4.74 Å². The Morgan fingerprint density at radius 3 is 1.94 bits per heavy atom. The highest BCUT2D eigenvalue weighted by molar-refractivity contribution is 6.90. The number of hydrogen-bond acceptors (Lipinski definition) is 2. The van der Waals surface area contributed by atoms with Crippen LogP contribution in [0, 0.1) is 11.6 Å². The molecule has 0 radical (unpaired) electrons. The fourth-order valence-electron chi connectivity index (χ4n) is 3.09. The number of carbonyl (C=O) groups is 1. The van der Waals surface area contributed by atoms with Crippen LogP contribution in [0.15, 0.2) is 0 Å². The van der Waals surface area contributed by atoms with Gasteiger partial charge in [0.1, 0.15) is 14.7 Å². The first-order chi connectivity index (χ1) is 8.32. The van der Waals surface area contributed by atoms with E-state index in [1.54, 1.807) is 0 Å². The fraction of sp³-hybridized carbons (Fsp3) is 0.786. The Hall–Kier alpha value is -0.953. The third-order valence-corrected chi connectivity index (χ3v) is 10.3. The zero-order chi connectivity index (χ0) is 13.9. The number of nitrogens with zero attached hydrogens (tertiary/aromatic N) is 1. The Balaban J connectivity index is 3.05. The van der Waals surface area contributed by atoms with Crippen LogP contribution < -0.4 is 0 Å². The lowest BCUT2D eigenvalue weighted by Crippen LogP contribution is -2.43. The van der Waals surface area contributed by atoms with Gasteiger partial charge in [-0.05, 0) is 16.6 Å². The third-order valence-electron chi connectivity index (χ3n) is 4.03. The van der Waals surface area contributed by atoms with Crippen LogP contribution in [0.25, 0.3) is 0 Å². The SMILES string of the molecule is CC(C)[Si](C#CN1CCOC1=O)(C(C)C)C(C)C. The maximum atomic E-state index is 11.4. The summed E-state index contributed by atoms with van der Waals surface area (Å²) in [6.07, 6.45) is -0.290. The van der Waals surface area contributed by atoms with E-state index in [-0.39, 0.29) is 6.09 Å². The summed E-state index contributed by atoms with van der Waals surface area (Å²) < 4.78 is 4.91. The zero-order valence-corrected chi connectivity index (χ0v) is 13.4. The van der Waals surface area contributed by atoms with Gasteiger partial charge in [0.15, 0.2) is 0 Å². The first-order valence-corrected chi connectivity index (χ1v) is 9.02. The minimum absolute atomic E-state index is 0.290. The van der Waals surface area contributed by atoms with Gasteiger partial charge in [0.25, 0.3) is 0 Å². The summed E-state index contributed by atoms with van der Waals surface area (Å²) in [5, 5.41) is 0. The van der Waals surface area contributed by atoms with Gasteiger partial charge in [-0.2, -0.15) is 0 Å². The molecular weight excluding hydrogens is 242 g/mol. The molecule has 1 aliphatic heterocycles. The largest absolute Gasteiger partial charge is 0.447 e. The maximum Gasteiger partial charge on any atom is 0.421 e.